The maximum atomic E-state index is 13.8. The molecule has 4 bridgehead atoms. The molecule has 1 saturated heterocycles. The summed E-state index contributed by atoms with van der Waals surface area (Å²) < 4.78 is 0. The van der Waals surface area contributed by atoms with Crippen LogP contribution in [0.5, 0.6) is 0 Å². The van der Waals surface area contributed by atoms with Gasteiger partial charge in [-0.2, -0.15) is 0 Å². The second-order valence-electron chi connectivity index (χ2n) is 12.0. The number of nitrogens with zero attached hydrogens (tertiary/aromatic N) is 2. The Morgan fingerprint density at radius 2 is 1.54 bits per heavy atom. The molecular formula is C29H32N2O6. The van der Waals surface area contributed by atoms with E-state index in [1.165, 1.54) is 43.5 Å². The average Bonchev–Trinajstić information content (AvgIpc) is 3.15. The van der Waals surface area contributed by atoms with Crippen molar-refractivity contribution in [2.45, 2.75) is 63.0 Å². The lowest BCUT2D eigenvalue weighted by molar-refractivity contribution is -0.384. The summed E-state index contributed by atoms with van der Waals surface area (Å²) >= 11 is 0. The topological polar surface area (TPSA) is 121 Å². The fraction of sp³-hybridized carbons (Fsp3) is 0.517. The summed E-state index contributed by atoms with van der Waals surface area (Å²) in [5.74, 6) is 0.798. The summed E-state index contributed by atoms with van der Waals surface area (Å²) in [4.78, 5) is 39.5. The molecule has 2 aromatic carbocycles. The van der Waals surface area contributed by atoms with Crippen LogP contribution in [0.15, 0.2) is 48.5 Å². The Labute approximate surface area is 215 Å². The number of nitro groups is 1. The Morgan fingerprint density at radius 3 is 2.03 bits per heavy atom. The average molecular weight is 505 g/mol. The molecule has 8 heteroatoms. The van der Waals surface area contributed by atoms with Crippen LogP contribution in [-0.2, 0) is 21.6 Å². The highest BCUT2D eigenvalue weighted by Crippen LogP contribution is 2.62. The molecule has 4 saturated carbocycles. The summed E-state index contributed by atoms with van der Waals surface area (Å²) in [5.41, 5.74) is 0.129. The first-order valence-corrected chi connectivity index (χ1v) is 13.2. The number of carbonyl (C=O) groups excluding carboxylic acids is 1. The molecule has 0 radical (unpaired) electrons. The number of aliphatic carboxylic acids is 1. The standard InChI is InChI=1S/C29H32N2O6/c32-16-18-1-3-22(4-2-18)26-29(27(34)35,23-5-7-24(8-6-23)31(36)37)15-25(33)30(26)17-28-12-19-9-20(13-28)11-21(10-19)14-28/h1-8,19-21,26,32H,9-17H2,(H,34,35)/t19?,20?,21?,26-,28?,29-/m1/s1. The van der Waals surface area contributed by atoms with E-state index >= 15 is 0 Å². The summed E-state index contributed by atoms with van der Waals surface area (Å²) in [6.07, 6.45) is 6.92. The Bertz CT molecular complexity index is 1200. The maximum absolute atomic E-state index is 13.8. The Morgan fingerprint density at radius 1 is 0.973 bits per heavy atom. The van der Waals surface area contributed by atoms with Crippen LogP contribution in [0.2, 0.25) is 0 Å². The Kier molecular flexibility index (Phi) is 5.64. The lowest BCUT2D eigenvalue weighted by Gasteiger charge is -2.58. The van der Waals surface area contributed by atoms with Crippen molar-refractivity contribution in [3.63, 3.8) is 0 Å². The van der Waals surface area contributed by atoms with Crippen LogP contribution in [-0.4, -0.2) is 38.5 Å². The third-order valence-electron chi connectivity index (χ3n) is 9.65. The second-order valence-corrected chi connectivity index (χ2v) is 12.0. The quantitative estimate of drug-likeness (QED) is 0.420. The third kappa shape index (κ3) is 3.84. The molecule has 0 unspecified atom stereocenters. The smallest absolute Gasteiger partial charge is 0.317 e. The Hall–Kier alpha value is -3.26. The number of carboxylic acids is 1. The van der Waals surface area contributed by atoms with E-state index in [2.05, 4.69) is 0 Å². The minimum atomic E-state index is -1.57. The highest BCUT2D eigenvalue weighted by Gasteiger charge is 2.61. The summed E-state index contributed by atoms with van der Waals surface area (Å²) in [6, 6.07) is 12.0. The van der Waals surface area contributed by atoms with Crippen LogP contribution in [0.3, 0.4) is 0 Å². The first-order valence-electron chi connectivity index (χ1n) is 13.2. The highest BCUT2D eigenvalue weighted by atomic mass is 16.6. The van der Waals surface area contributed by atoms with Crippen molar-refractivity contribution in [1.82, 2.24) is 4.90 Å². The molecular weight excluding hydrogens is 472 g/mol. The van der Waals surface area contributed by atoms with Crippen molar-refractivity contribution in [3.8, 4) is 0 Å². The number of amides is 1. The van der Waals surface area contributed by atoms with Gasteiger partial charge in [-0.15, -0.1) is 0 Å². The van der Waals surface area contributed by atoms with Crippen molar-refractivity contribution >= 4 is 17.6 Å². The lowest BCUT2D eigenvalue weighted by atomic mass is 9.49. The van der Waals surface area contributed by atoms with Gasteiger partial charge in [-0.05, 0) is 78.4 Å². The van der Waals surface area contributed by atoms with Gasteiger partial charge in [0.1, 0.15) is 5.41 Å². The van der Waals surface area contributed by atoms with Gasteiger partial charge in [-0.1, -0.05) is 36.4 Å². The fourth-order valence-electron chi connectivity index (χ4n) is 8.60. The lowest BCUT2D eigenvalue weighted by Crippen LogP contribution is -2.52. The number of hydrogen-bond acceptors (Lipinski definition) is 5. The van der Waals surface area contributed by atoms with Crippen LogP contribution < -0.4 is 0 Å². The molecule has 5 fully saturated rings. The van der Waals surface area contributed by atoms with Crippen LogP contribution in [0.25, 0.3) is 0 Å². The van der Waals surface area contributed by atoms with Crippen molar-refractivity contribution < 1.29 is 24.7 Å². The first-order chi connectivity index (χ1) is 17.7. The number of nitro benzene ring substituents is 1. The van der Waals surface area contributed by atoms with E-state index < -0.39 is 22.3 Å². The third-order valence-corrected chi connectivity index (χ3v) is 9.65. The van der Waals surface area contributed by atoms with Crippen molar-refractivity contribution in [2.75, 3.05) is 6.54 Å². The van der Waals surface area contributed by atoms with Crippen LogP contribution in [0.4, 0.5) is 5.69 Å². The minimum absolute atomic E-state index is 0.0256. The van der Waals surface area contributed by atoms with E-state index in [0.29, 0.717) is 41.0 Å². The number of carbonyl (C=O) groups is 2. The minimum Gasteiger partial charge on any atom is -0.480 e. The van der Waals surface area contributed by atoms with Crippen molar-refractivity contribution in [2.24, 2.45) is 23.2 Å². The molecule has 8 nitrogen and oxygen atoms in total. The molecule has 1 heterocycles. The van der Waals surface area contributed by atoms with Gasteiger partial charge in [-0.3, -0.25) is 19.7 Å². The number of aliphatic hydroxyl groups is 1. The molecule has 5 aliphatic rings. The second kappa shape index (κ2) is 8.65. The predicted octanol–water partition coefficient (Wildman–Crippen LogP) is 4.60. The summed E-state index contributed by atoms with van der Waals surface area (Å²) in [7, 11) is 0. The van der Waals surface area contributed by atoms with E-state index in [4.69, 9.17) is 0 Å². The van der Waals surface area contributed by atoms with Gasteiger partial charge in [-0.25, -0.2) is 0 Å². The number of non-ortho nitro benzene ring substituents is 1. The van der Waals surface area contributed by atoms with Crippen LogP contribution in [0, 0.1) is 33.3 Å². The van der Waals surface area contributed by atoms with Gasteiger partial charge in [0.15, 0.2) is 0 Å². The number of hydrogen-bond donors (Lipinski definition) is 2. The molecule has 7 rings (SSSR count). The molecule has 2 atom stereocenters. The van der Waals surface area contributed by atoms with E-state index in [9.17, 15) is 29.9 Å². The molecule has 2 aromatic rings. The summed E-state index contributed by atoms with van der Waals surface area (Å²) in [6.45, 7) is 0.414. The zero-order valence-electron chi connectivity index (χ0n) is 20.7. The van der Waals surface area contributed by atoms with E-state index in [0.717, 1.165) is 19.3 Å². The first kappa shape index (κ1) is 24.1. The Balaban J connectivity index is 1.45. The molecule has 4 aliphatic carbocycles. The van der Waals surface area contributed by atoms with Crippen LogP contribution >= 0.6 is 0 Å². The van der Waals surface area contributed by atoms with E-state index in [1.54, 1.807) is 12.1 Å². The maximum Gasteiger partial charge on any atom is 0.317 e. The van der Waals surface area contributed by atoms with Crippen LogP contribution in [0.1, 0.15) is 67.7 Å². The van der Waals surface area contributed by atoms with Gasteiger partial charge in [0.25, 0.3) is 5.69 Å². The predicted molar refractivity (Wildman–Crippen MR) is 134 cm³/mol. The molecule has 1 amide bonds. The molecule has 0 aromatic heterocycles. The van der Waals surface area contributed by atoms with Gasteiger partial charge < -0.3 is 15.1 Å². The molecule has 1 aliphatic heterocycles. The largest absolute Gasteiger partial charge is 0.480 e. The monoisotopic (exact) mass is 504 g/mol. The molecule has 194 valence electrons. The molecule has 2 N–H and O–H groups in total. The van der Waals surface area contributed by atoms with Gasteiger partial charge in [0.05, 0.1) is 17.6 Å². The highest BCUT2D eigenvalue weighted by molar-refractivity contribution is 5.95. The number of carboxylic acid groups (broad SMARTS) is 1. The fourth-order valence-corrected chi connectivity index (χ4v) is 8.60. The van der Waals surface area contributed by atoms with E-state index in [1.807, 2.05) is 17.0 Å². The molecule has 37 heavy (non-hydrogen) atoms. The number of benzene rings is 2. The number of rotatable bonds is 7. The SMILES string of the molecule is O=C1C[C@@](C(=O)O)(c2ccc([N+](=O)[O-])cc2)[C@@H](c2ccc(CO)cc2)N1CC12CC3CC(CC(C3)C1)C2. The van der Waals surface area contributed by atoms with Gasteiger partial charge in [0.2, 0.25) is 5.91 Å². The van der Waals surface area contributed by atoms with Crippen molar-refractivity contribution in [3.05, 3.63) is 75.3 Å². The number of aliphatic hydroxyl groups excluding tert-OH is 1. The van der Waals surface area contributed by atoms with Gasteiger partial charge in [0, 0.05) is 25.1 Å². The molecule has 0 spiro atoms. The normalized spacial score (nSPS) is 34.2. The summed E-state index contributed by atoms with van der Waals surface area (Å²) in [5, 5.41) is 31.6. The van der Waals surface area contributed by atoms with Gasteiger partial charge >= 0.3 is 5.97 Å². The zero-order chi connectivity index (χ0) is 25.9. The van der Waals surface area contributed by atoms with E-state index in [-0.39, 0.29) is 30.0 Å². The van der Waals surface area contributed by atoms with Crippen molar-refractivity contribution in [1.29, 1.82) is 0 Å². The zero-order valence-corrected chi connectivity index (χ0v) is 20.7. The number of likely N-dealkylation sites (tertiary alicyclic amines) is 1.